The summed E-state index contributed by atoms with van der Waals surface area (Å²) in [5, 5.41) is 9.80. The van der Waals surface area contributed by atoms with Gasteiger partial charge in [-0.1, -0.05) is 42.1 Å². The van der Waals surface area contributed by atoms with Gasteiger partial charge in [-0.2, -0.15) is 0 Å². The van der Waals surface area contributed by atoms with Gasteiger partial charge < -0.3 is 0 Å². The summed E-state index contributed by atoms with van der Waals surface area (Å²) in [4.78, 5) is 4.22. The number of thioether (sulfide) groups is 1. The fraction of sp³-hybridized carbons (Fsp3) is 0.136. The third kappa shape index (κ3) is 3.68. The summed E-state index contributed by atoms with van der Waals surface area (Å²) in [5.74, 6) is 0.513. The zero-order valence-electron chi connectivity index (χ0n) is 15.6. The molecule has 1 atom stereocenters. The van der Waals surface area contributed by atoms with E-state index in [1.807, 2.05) is 36.4 Å². The summed E-state index contributed by atoms with van der Waals surface area (Å²) >= 11 is 1.59. The van der Waals surface area contributed by atoms with Crippen LogP contribution in [0, 0.1) is 12.7 Å². The number of para-hydroxylation sites is 1. The highest BCUT2D eigenvalue weighted by molar-refractivity contribution is 7.99. The molecular weight excluding hydrogens is 371 g/mol. The van der Waals surface area contributed by atoms with Gasteiger partial charge in [0.05, 0.1) is 5.69 Å². The number of aryl methyl sites for hydroxylation is 1. The minimum absolute atomic E-state index is 0.0920. The predicted molar refractivity (Wildman–Crippen MR) is 110 cm³/mol. The molecule has 4 rings (SSSR count). The minimum atomic E-state index is -0.233. The molecule has 2 heterocycles. The average Bonchev–Trinajstić information content (AvgIpc) is 3.13. The Morgan fingerprint density at radius 1 is 0.964 bits per heavy atom. The van der Waals surface area contributed by atoms with E-state index in [1.54, 1.807) is 24.2 Å². The van der Waals surface area contributed by atoms with Crippen molar-refractivity contribution >= 4 is 11.8 Å². The van der Waals surface area contributed by atoms with E-state index in [0.717, 1.165) is 33.4 Å². The molecule has 0 fully saturated rings. The van der Waals surface area contributed by atoms with Crippen LogP contribution in [0.1, 0.15) is 23.3 Å². The van der Waals surface area contributed by atoms with Crippen molar-refractivity contribution in [3.63, 3.8) is 0 Å². The molecule has 1 unspecified atom stereocenters. The molecular formula is C22H19FN4S. The van der Waals surface area contributed by atoms with Crippen molar-refractivity contribution in [2.45, 2.75) is 24.3 Å². The number of hydrogen-bond donors (Lipinski definition) is 0. The molecule has 0 saturated heterocycles. The van der Waals surface area contributed by atoms with Gasteiger partial charge >= 0.3 is 0 Å². The monoisotopic (exact) mass is 390 g/mol. The highest BCUT2D eigenvalue weighted by Gasteiger charge is 2.20. The van der Waals surface area contributed by atoms with Crippen LogP contribution in [0.4, 0.5) is 4.39 Å². The Morgan fingerprint density at radius 3 is 2.46 bits per heavy atom. The van der Waals surface area contributed by atoms with Gasteiger partial charge in [0.2, 0.25) is 0 Å². The Hall–Kier alpha value is -2.99. The van der Waals surface area contributed by atoms with Crippen LogP contribution in [0.5, 0.6) is 0 Å². The quantitative estimate of drug-likeness (QED) is 0.414. The van der Waals surface area contributed by atoms with Crippen LogP contribution in [-0.4, -0.2) is 19.7 Å². The maximum Gasteiger partial charge on any atom is 0.196 e. The topological polar surface area (TPSA) is 43.6 Å². The van der Waals surface area contributed by atoms with Crippen molar-refractivity contribution in [1.82, 2.24) is 19.7 Å². The second-order valence-corrected chi connectivity index (χ2v) is 7.79. The molecule has 0 aliphatic heterocycles. The molecule has 0 radical (unpaired) electrons. The molecule has 0 amide bonds. The van der Waals surface area contributed by atoms with E-state index in [0.29, 0.717) is 0 Å². The van der Waals surface area contributed by atoms with E-state index in [-0.39, 0.29) is 11.1 Å². The van der Waals surface area contributed by atoms with Gasteiger partial charge in [0.1, 0.15) is 5.82 Å². The van der Waals surface area contributed by atoms with Crippen molar-refractivity contribution < 1.29 is 4.39 Å². The summed E-state index contributed by atoms with van der Waals surface area (Å²) in [6.45, 7) is 4.15. The van der Waals surface area contributed by atoms with E-state index in [1.165, 1.54) is 12.1 Å². The fourth-order valence-electron chi connectivity index (χ4n) is 3.02. The fourth-order valence-corrected chi connectivity index (χ4v) is 4.01. The number of benzene rings is 2. The first-order valence-electron chi connectivity index (χ1n) is 8.97. The van der Waals surface area contributed by atoms with E-state index in [2.05, 4.69) is 45.7 Å². The highest BCUT2D eigenvalue weighted by atomic mass is 32.2. The molecule has 28 heavy (non-hydrogen) atoms. The van der Waals surface area contributed by atoms with Crippen molar-refractivity contribution in [2.24, 2.45) is 0 Å². The Morgan fingerprint density at radius 2 is 1.75 bits per heavy atom. The number of hydrogen-bond acceptors (Lipinski definition) is 4. The van der Waals surface area contributed by atoms with Crippen molar-refractivity contribution in [3.8, 4) is 17.1 Å². The molecule has 140 valence electrons. The van der Waals surface area contributed by atoms with E-state index in [4.69, 9.17) is 0 Å². The molecule has 0 saturated carbocycles. The lowest BCUT2D eigenvalue weighted by Crippen LogP contribution is -2.03. The predicted octanol–water partition coefficient (Wildman–Crippen LogP) is 5.63. The standard InChI is InChI=1S/C22H19FN4S/c1-15-6-3-4-8-20(15)27-21(18-7-5-13-24-14-18)25-26-22(27)28-16(2)17-9-11-19(23)12-10-17/h3-14,16H,1-2H3. The molecule has 2 aromatic heterocycles. The zero-order valence-corrected chi connectivity index (χ0v) is 16.4. The molecule has 4 nitrogen and oxygen atoms in total. The Balaban J connectivity index is 1.78. The molecule has 0 bridgehead atoms. The Bertz CT molecular complexity index is 1080. The van der Waals surface area contributed by atoms with Gasteiger partial charge in [0, 0.05) is 23.2 Å². The van der Waals surface area contributed by atoms with Gasteiger partial charge in [-0.25, -0.2) is 4.39 Å². The van der Waals surface area contributed by atoms with Gasteiger partial charge in [0.25, 0.3) is 0 Å². The summed E-state index contributed by atoms with van der Waals surface area (Å²) in [5.41, 5.74) is 4.09. The van der Waals surface area contributed by atoms with Gasteiger partial charge in [-0.15, -0.1) is 10.2 Å². The number of nitrogens with zero attached hydrogens (tertiary/aromatic N) is 4. The first-order chi connectivity index (χ1) is 13.6. The third-order valence-electron chi connectivity index (χ3n) is 4.53. The Kier molecular flexibility index (Phi) is 5.21. The molecule has 2 aromatic carbocycles. The summed E-state index contributed by atoms with van der Waals surface area (Å²) < 4.78 is 15.3. The second kappa shape index (κ2) is 7.94. The van der Waals surface area contributed by atoms with Crippen LogP contribution in [0.2, 0.25) is 0 Å². The van der Waals surface area contributed by atoms with E-state index >= 15 is 0 Å². The van der Waals surface area contributed by atoms with Gasteiger partial charge in [-0.05, 0) is 55.3 Å². The number of aromatic nitrogens is 4. The van der Waals surface area contributed by atoms with E-state index in [9.17, 15) is 4.39 Å². The minimum Gasteiger partial charge on any atom is -0.270 e. The van der Waals surface area contributed by atoms with Crippen LogP contribution in [0.3, 0.4) is 0 Å². The zero-order chi connectivity index (χ0) is 19.5. The van der Waals surface area contributed by atoms with Crippen LogP contribution in [0.25, 0.3) is 17.1 Å². The van der Waals surface area contributed by atoms with Crippen LogP contribution in [-0.2, 0) is 0 Å². The SMILES string of the molecule is Cc1ccccc1-n1c(SC(C)c2ccc(F)cc2)nnc1-c1cccnc1. The number of rotatable bonds is 5. The molecule has 0 aliphatic rings. The lowest BCUT2D eigenvalue weighted by Gasteiger charge is -2.15. The maximum atomic E-state index is 13.3. The first-order valence-corrected chi connectivity index (χ1v) is 9.85. The van der Waals surface area contributed by atoms with Gasteiger partial charge in [-0.3, -0.25) is 9.55 Å². The summed E-state index contributed by atoms with van der Waals surface area (Å²) in [6.07, 6.45) is 3.53. The number of pyridine rings is 1. The maximum absolute atomic E-state index is 13.3. The second-order valence-electron chi connectivity index (χ2n) is 6.48. The smallest absolute Gasteiger partial charge is 0.196 e. The van der Waals surface area contributed by atoms with Crippen molar-refractivity contribution in [2.75, 3.05) is 0 Å². The summed E-state index contributed by atoms with van der Waals surface area (Å²) in [6, 6.07) is 18.6. The summed E-state index contributed by atoms with van der Waals surface area (Å²) in [7, 11) is 0. The average molecular weight is 390 g/mol. The highest BCUT2D eigenvalue weighted by Crippen LogP contribution is 2.37. The Labute approximate surface area is 167 Å². The molecule has 0 aliphatic carbocycles. The molecule has 4 aromatic rings. The van der Waals surface area contributed by atoms with Crippen LogP contribution >= 0.6 is 11.8 Å². The number of halogens is 1. The van der Waals surface area contributed by atoms with Crippen LogP contribution in [0.15, 0.2) is 78.2 Å². The first kappa shape index (κ1) is 18.4. The van der Waals surface area contributed by atoms with E-state index < -0.39 is 0 Å². The van der Waals surface area contributed by atoms with Crippen molar-refractivity contribution in [3.05, 3.63) is 90.0 Å². The molecule has 0 N–H and O–H groups in total. The lowest BCUT2D eigenvalue weighted by molar-refractivity contribution is 0.627. The third-order valence-corrected chi connectivity index (χ3v) is 5.63. The van der Waals surface area contributed by atoms with Crippen molar-refractivity contribution in [1.29, 1.82) is 0 Å². The largest absolute Gasteiger partial charge is 0.270 e. The molecule has 6 heteroatoms. The lowest BCUT2D eigenvalue weighted by atomic mass is 10.2. The molecule has 0 spiro atoms. The normalized spacial score (nSPS) is 12.1. The van der Waals surface area contributed by atoms with Gasteiger partial charge in [0.15, 0.2) is 11.0 Å². The van der Waals surface area contributed by atoms with Crippen LogP contribution < -0.4 is 0 Å².